The standard InChI is InChI=1S/C6H5N3O/c1-4-5-2-6(7)10-9(5)3-8-4/h2-3,7H,1H2. The summed E-state index contributed by atoms with van der Waals surface area (Å²) in [7, 11) is 0. The Balaban J connectivity index is 3.18. The fraction of sp³-hybridized carbons (Fsp3) is 0. The lowest BCUT2D eigenvalue weighted by Crippen LogP contribution is -1.97. The van der Waals surface area contributed by atoms with E-state index in [0.717, 1.165) is 5.52 Å². The van der Waals surface area contributed by atoms with Crippen LogP contribution in [0.3, 0.4) is 0 Å². The third-order valence-electron chi connectivity index (χ3n) is 1.32. The molecule has 0 atom stereocenters. The molecule has 1 N–H and O–H groups in total. The lowest BCUT2D eigenvalue weighted by Gasteiger charge is -1.72. The largest absolute Gasteiger partial charge is 0.354 e. The first kappa shape index (κ1) is 5.22. The van der Waals surface area contributed by atoms with Gasteiger partial charge in [0.1, 0.15) is 11.8 Å². The molecule has 2 rings (SSSR count). The van der Waals surface area contributed by atoms with Gasteiger partial charge in [-0.2, -0.15) is 4.57 Å². The van der Waals surface area contributed by atoms with Crippen molar-refractivity contribution in [3.05, 3.63) is 23.3 Å². The average molecular weight is 135 g/mol. The van der Waals surface area contributed by atoms with Crippen LogP contribution in [0.1, 0.15) is 0 Å². The second-order valence-corrected chi connectivity index (χ2v) is 2.00. The van der Waals surface area contributed by atoms with E-state index in [2.05, 4.69) is 11.6 Å². The van der Waals surface area contributed by atoms with Crippen LogP contribution in [0.2, 0.25) is 0 Å². The van der Waals surface area contributed by atoms with Crippen LogP contribution in [0.5, 0.6) is 0 Å². The second-order valence-electron chi connectivity index (χ2n) is 2.00. The Labute approximate surface area is 55.9 Å². The van der Waals surface area contributed by atoms with Crippen molar-refractivity contribution in [2.45, 2.75) is 0 Å². The molecule has 0 aromatic carbocycles. The molecule has 0 fully saturated rings. The molecule has 2 aromatic heterocycles. The van der Waals surface area contributed by atoms with Crippen molar-refractivity contribution in [1.29, 1.82) is 5.41 Å². The number of hydrogen-bond acceptors (Lipinski definition) is 3. The number of hydrogen-bond donors (Lipinski definition) is 1. The van der Waals surface area contributed by atoms with Gasteiger partial charge in [0, 0.05) is 6.07 Å². The molecule has 2 heterocycles. The fourth-order valence-corrected chi connectivity index (χ4v) is 0.854. The van der Waals surface area contributed by atoms with Crippen LogP contribution in [0.4, 0.5) is 0 Å². The van der Waals surface area contributed by atoms with Crippen LogP contribution in [0, 0.1) is 5.41 Å². The molecule has 0 aliphatic rings. The van der Waals surface area contributed by atoms with Crippen molar-refractivity contribution in [2.24, 2.45) is 0 Å². The van der Waals surface area contributed by atoms with Gasteiger partial charge in [-0.05, 0) is 0 Å². The molecule has 0 bridgehead atoms. The maximum Gasteiger partial charge on any atom is 0.241 e. The Bertz CT molecular complexity index is 453. The Morgan fingerprint density at radius 1 is 1.70 bits per heavy atom. The van der Waals surface area contributed by atoms with Crippen LogP contribution in [-0.4, -0.2) is 9.56 Å². The van der Waals surface area contributed by atoms with Gasteiger partial charge < -0.3 is 4.52 Å². The highest BCUT2D eigenvalue weighted by Crippen LogP contribution is 1.88. The molecule has 4 heteroatoms. The van der Waals surface area contributed by atoms with Crippen molar-refractivity contribution in [1.82, 2.24) is 9.56 Å². The minimum absolute atomic E-state index is 0.127. The van der Waals surface area contributed by atoms with E-state index >= 15 is 0 Å². The van der Waals surface area contributed by atoms with Gasteiger partial charge in [-0.25, -0.2) is 4.98 Å². The van der Waals surface area contributed by atoms with Crippen molar-refractivity contribution < 1.29 is 4.52 Å². The average Bonchev–Trinajstić information content (AvgIpc) is 2.35. The first-order chi connectivity index (χ1) is 4.77. The predicted molar refractivity (Wildman–Crippen MR) is 34.1 cm³/mol. The third kappa shape index (κ3) is 0.500. The quantitative estimate of drug-likeness (QED) is 0.531. The second kappa shape index (κ2) is 1.47. The summed E-state index contributed by atoms with van der Waals surface area (Å²) in [5.74, 6) is 0. The topological polar surface area (TPSA) is 54.3 Å². The maximum absolute atomic E-state index is 7.09. The highest BCUT2D eigenvalue weighted by molar-refractivity contribution is 5.43. The van der Waals surface area contributed by atoms with Crippen LogP contribution in [0.25, 0.3) is 12.1 Å². The third-order valence-corrected chi connectivity index (χ3v) is 1.32. The molecular formula is C6H5N3O. The van der Waals surface area contributed by atoms with Gasteiger partial charge in [-0.3, -0.25) is 5.41 Å². The molecule has 4 nitrogen and oxygen atoms in total. The predicted octanol–water partition coefficient (Wildman–Crippen LogP) is -0.464. The van der Waals surface area contributed by atoms with E-state index in [0.29, 0.717) is 5.35 Å². The molecule has 0 aliphatic carbocycles. The summed E-state index contributed by atoms with van der Waals surface area (Å²) in [5, 5.41) is 7.73. The number of fused-ring (bicyclic) bond motifs is 1. The molecule has 0 spiro atoms. The van der Waals surface area contributed by atoms with E-state index in [1.54, 1.807) is 6.07 Å². The summed E-state index contributed by atoms with van der Waals surface area (Å²) in [6, 6.07) is 1.58. The molecule has 10 heavy (non-hydrogen) atoms. The molecule has 2 aromatic rings. The maximum atomic E-state index is 7.09. The first-order valence-corrected chi connectivity index (χ1v) is 2.78. The van der Waals surface area contributed by atoms with Gasteiger partial charge in [0.2, 0.25) is 5.55 Å². The minimum Gasteiger partial charge on any atom is -0.354 e. The fourth-order valence-electron chi connectivity index (χ4n) is 0.854. The summed E-state index contributed by atoms with van der Waals surface area (Å²) in [6.45, 7) is 3.65. The highest BCUT2D eigenvalue weighted by atomic mass is 16.5. The van der Waals surface area contributed by atoms with Crippen LogP contribution >= 0.6 is 0 Å². The van der Waals surface area contributed by atoms with E-state index in [4.69, 9.17) is 9.93 Å². The van der Waals surface area contributed by atoms with Crippen LogP contribution < -0.4 is 10.9 Å². The Morgan fingerprint density at radius 3 is 3.20 bits per heavy atom. The van der Waals surface area contributed by atoms with Gasteiger partial charge in [0.15, 0.2) is 0 Å². The lowest BCUT2D eigenvalue weighted by molar-refractivity contribution is 0.336. The zero-order valence-electron chi connectivity index (χ0n) is 5.16. The van der Waals surface area contributed by atoms with E-state index < -0.39 is 0 Å². The summed E-state index contributed by atoms with van der Waals surface area (Å²) in [4.78, 5) is 3.87. The number of rotatable bonds is 0. The van der Waals surface area contributed by atoms with Gasteiger partial charge in [0.25, 0.3) is 0 Å². The molecule has 0 saturated carbocycles. The zero-order valence-corrected chi connectivity index (χ0v) is 5.16. The summed E-state index contributed by atoms with van der Waals surface area (Å²) < 4.78 is 6.29. The lowest BCUT2D eigenvalue weighted by atomic mass is 10.5. The Hall–Kier alpha value is -1.58. The van der Waals surface area contributed by atoms with E-state index in [-0.39, 0.29) is 5.55 Å². The molecule has 0 amide bonds. The SMILES string of the molecule is C=c1ncn2oc(=N)cc12. The Kier molecular flexibility index (Phi) is 0.768. The van der Waals surface area contributed by atoms with Crippen molar-refractivity contribution in [3.63, 3.8) is 0 Å². The monoisotopic (exact) mass is 135 g/mol. The van der Waals surface area contributed by atoms with Gasteiger partial charge in [0.05, 0.1) is 5.35 Å². The number of aromatic nitrogens is 2. The molecule has 0 aliphatic heterocycles. The number of imidazole rings is 1. The molecule has 0 radical (unpaired) electrons. The van der Waals surface area contributed by atoms with Crippen molar-refractivity contribution in [2.75, 3.05) is 0 Å². The summed E-state index contributed by atoms with van der Waals surface area (Å²) in [5.41, 5.74) is 0.882. The number of nitrogens with one attached hydrogen (secondary N) is 1. The highest BCUT2D eigenvalue weighted by Gasteiger charge is 1.97. The normalized spacial score (nSPS) is 10.8. The van der Waals surface area contributed by atoms with Gasteiger partial charge in [-0.1, -0.05) is 6.58 Å². The summed E-state index contributed by atoms with van der Waals surface area (Å²) in [6.07, 6.45) is 1.50. The van der Waals surface area contributed by atoms with Crippen LogP contribution in [0.15, 0.2) is 16.9 Å². The first-order valence-electron chi connectivity index (χ1n) is 2.78. The smallest absolute Gasteiger partial charge is 0.241 e. The van der Waals surface area contributed by atoms with Gasteiger partial charge in [-0.15, -0.1) is 0 Å². The Morgan fingerprint density at radius 2 is 2.50 bits per heavy atom. The molecular weight excluding hydrogens is 130 g/mol. The van der Waals surface area contributed by atoms with Crippen molar-refractivity contribution >= 4 is 12.1 Å². The van der Waals surface area contributed by atoms with Gasteiger partial charge >= 0.3 is 0 Å². The molecule has 50 valence electrons. The summed E-state index contributed by atoms with van der Waals surface area (Å²) >= 11 is 0. The minimum atomic E-state index is 0.127. The van der Waals surface area contributed by atoms with Crippen LogP contribution in [-0.2, 0) is 0 Å². The van der Waals surface area contributed by atoms with E-state index in [9.17, 15) is 0 Å². The number of nitrogens with zero attached hydrogens (tertiary/aromatic N) is 2. The zero-order chi connectivity index (χ0) is 7.14. The van der Waals surface area contributed by atoms with E-state index in [1.165, 1.54) is 10.9 Å². The van der Waals surface area contributed by atoms with E-state index in [1.807, 2.05) is 0 Å². The van der Waals surface area contributed by atoms with Crippen molar-refractivity contribution in [3.8, 4) is 0 Å². The molecule has 0 unspecified atom stereocenters. The molecule has 0 saturated heterocycles.